The summed E-state index contributed by atoms with van der Waals surface area (Å²) in [5.74, 6) is 0.319. The Morgan fingerprint density at radius 2 is 1.71 bits per heavy atom. The van der Waals surface area contributed by atoms with Gasteiger partial charge >= 0.3 is 5.97 Å². The fraction of sp³-hybridized carbons (Fsp3) is 0.278. The van der Waals surface area contributed by atoms with Crippen molar-refractivity contribution in [2.24, 2.45) is 0 Å². The van der Waals surface area contributed by atoms with Gasteiger partial charge in [-0.2, -0.15) is 0 Å². The van der Waals surface area contributed by atoms with Crippen molar-refractivity contribution in [1.82, 2.24) is 0 Å². The molecule has 2 rings (SSSR count). The second-order valence-corrected chi connectivity index (χ2v) is 6.24. The van der Waals surface area contributed by atoms with Crippen molar-refractivity contribution >= 4 is 17.7 Å². The van der Waals surface area contributed by atoms with E-state index in [-0.39, 0.29) is 6.42 Å². The van der Waals surface area contributed by atoms with Crippen LogP contribution in [0.1, 0.15) is 23.1 Å². The molecule has 0 fully saturated rings. The van der Waals surface area contributed by atoms with Crippen LogP contribution in [-0.2, 0) is 17.6 Å². The Balaban J connectivity index is 1.76. The van der Waals surface area contributed by atoms with Crippen molar-refractivity contribution in [2.75, 3.05) is 5.75 Å². The number of thioether (sulfide) groups is 1. The largest absolute Gasteiger partial charge is 0.481 e. The van der Waals surface area contributed by atoms with Crippen LogP contribution in [0.4, 0.5) is 0 Å². The molecule has 3 heteroatoms. The van der Waals surface area contributed by atoms with E-state index in [1.165, 1.54) is 16.0 Å². The molecule has 0 aromatic heterocycles. The molecule has 0 aliphatic rings. The minimum Gasteiger partial charge on any atom is -0.481 e. The van der Waals surface area contributed by atoms with Crippen LogP contribution in [0.5, 0.6) is 0 Å². The summed E-state index contributed by atoms with van der Waals surface area (Å²) in [6, 6.07) is 16.4. The zero-order valence-corrected chi connectivity index (χ0v) is 13.0. The maximum Gasteiger partial charge on any atom is 0.307 e. The predicted molar refractivity (Wildman–Crippen MR) is 88.0 cm³/mol. The predicted octanol–water partition coefficient (Wildman–Crippen LogP) is 4.35. The zero-order valence-electron chi connectivity index (χ0n) is 12.2. The molecule has 21 heavy (non-hydrogen) atoms. The Morgan fingerprint density at radius 3 is 2.38 bits per heavy atom. The standard InChI is InChI=1S/C18H20O2S/c1-14-5-2-3-7-17(14)21-12-4-6-15-8-10-16(11-9-15)13-18(19)20/h2-3,5,7-11H,4,6,12-13H2,1H3,(H,19,20). The molecule has 0 aliphatic heterocycles. The second-order valence-electron chi connectivity index (χ2n) is 5.10. The van der Waals surface area contributed by atoms with Crippen LogP contribution in [0.2, 0.25) is 0 Å². The molecule has 2 nitrogen and oxygen atoms in total. The van der Waals surface area contributed by atoms with E-state index >= 15 is 0 Å². The minimum atomic E-state index is -0.780. The van der Waals surface area contributed by atoms with Gasteiger partial charge in [0, 0.05) is 4.90 Å². The molecule has 2 aromatic rings. The van der Waals surface area contributed by atoms with Crippen molar-refractivity contribution in [3.05, 3.63) is 65.2 Å². The highest BCUT2D eigenvalue weighted by Gasteiger charge is 2.01. The third-order valence-corrected chi connectivity index (χ3v) is 4.60. The van der Waals surface area contributed by atoms with Gasteiger partial charge in [0.25, 0.3) is 0 Å². The van der Waals surface area contributed by atoms with Gasteiger partial charge in [-0.15, -0.1) is 11.8 Å². The molecule has 1 N–H and O–H groups in total. The number of carboxylic acid groups (broad SMARTS) is 1. The molecule has 2 aromatic carbocycles. The molecule has 0 radical (unpaired) electrons. The Labute approximate surface area is 130 Å². The normalized spacial score (nSPS) is 10.5. The van der Waals surface area contributed by atoms with Crippen molar-refractivity contribution in [3.8, 4) is 0 Å². The van der Waals surface area contributed by atoms with E-state index in [0.29, 0.717) is 0 Å². The van der Waals surface area contributed by atoms with Crippen LogP contribution in [0, 0.1) is 6.92 Å². The first kappa shape index (κ1) is 15.6. The van der Waals surface area contributed by atoms with Gasteiger partial charge in [-0.1, -0.05) is 42.5 Å². The average Bonchev–Trinajstić information content (AvgIpc) is 2.46. The van der Waals surface area contributed by atoms with Crippen molar-refractivity contribution in [1.29, 1.82) is 0 Å². The Hall–Kier alpha value is -1.74. The van der Waals surface area contributed by atoms with Gasteiger partial charge in [0.15, 0.2) is 0 Å². The quantitative estimate of drug-likeness (QED) is 0.610. The lowest BCUT2D eigenvalue weighted by molar-refractivity contribution is -0.136. The lowest BCUT2D eigenvalue weighted by Gasteiger charge is -2.06. The first-order chi connectivity index (χ1) is 10.1. The van der Waals surface area contributed by atoms with Gasteiger partial charge < -0.3 is 5.11 Å². The first-order valence-electron chi connectivity index (χ1n) is 7.13. The van der Waals surface area contributed by atoms with Gasteiger partial charge in [-0.05, 0) is 48.3 Å². The summed E-state index contributed by atoms with van der Waals surface area (Å²) >= 11 is 1.90. The smallest absolute Gasteiger partial charge is 0.307 e. The summed E-state index contributed by atoms with van der Waals surface area (Å²) in [7, 11) is 0. The van der Waals surface area contributed by atoms with Crippen LogP contribution < -0.4 is 0 Å². The highest BCUT2D eigenvalue weighted by molar-refractivity contribution is 7.99. The molecule has 0 spiro atoms. The SMILES string of the molecule is Cc1ccccc1SCCCc1ccc(CC(=O)O)cc1. The van der Waals surface area contributed by atoms with Gasteiger partial charge in [-0.25, -0.2) is 0 Å². The third kappa shape index (κ3) is 5.27. The van der Waals surface area contributed by atoms with E-state index < -0.39 is 5.97 Å². The van der Waals surface area contributed by atoms with Crippen molar-refractivity contribution < 1.29 is 9.90 Å². The Kier molecular flexibility index (Phi) is 5.88. The minimum absolute atomic E-state index is 0.101. The van der Waals surface area contributed by atoms with Crippen LogP contribution in [0.15, 0.2) is 53.4 Å². The summed E-state index contributed by atoms with van der Waals surface area (Å²) in [4.78, 5) is 12.0. The van der Waals surface area contributed by atoms with Crippen LogP contribution in [0.3, 0.4) is 0 Å². The van der Waals surface area contributed by atoms with E-state index in [1.807, 2.05) is 36.0 Å². The van der Waals surface area contributed by atoms with Crippen molar-refractivity contribution in [2.45, 2.75) is 31.1 Å². The van der Waals surface area contributed by atoms with E-state index in [4.69, 9.17) is 5.11 Å². The van der Waals surface area contributed by atoms with Crippen LogP contribution in [0.25, 0.3) is 0 Å². The lowest BCUT2D eigenvalue weighted by Crippen LogP contribution is -1.99. The van der Waals surface area contributed by atoms with Gasteiger partial charge in [0.1, 0.15) is 0 Å². The van der Waals surface area contributed by atoms with Crippen LogP contribution in [-0.4, -0.2) is 16.8 Å². The second kappa shape index (κ2) is 7.89. The molecule has 0 saturated carbocycles. The van der Waals surface area contributed by atoms with E-state index in [0.717, 1.165) is 24.2 Å². The summed E-state index contributed by atoms with van der Waals surface area (Å²) in [5.41, 5.74) is 3.47. The Bertz CT molecular complexity index is 590. The van der Waals surface area contributed by atoms with E-state index in [1.54, 1.807) is 0 Å². The monoisotopic (exact) mass is 300 g/mol. The third-order valence-electron chi connectivity index (χ3n) is 3.34. The number of carbonyl (C=O) groups is 1. The summed E-state index contributed by atoms with van der Waals surface area (Å²) in [5, 5.41) is 8.74. The first-order valence-corrected chi connectivity index (χ1v) is 8.12. The van der Waals surface area contributed by atoms with Gasteiger partial charge in [0.2, 0.25) is 0 Å². The molecular formula is C18H20O2S. The molecule has 0 amide bonds. The molecule has 0 saturated heterocycles. The van der Waals surface area contributed by atoms with E-state index in [2.05, 4.69) is 31.2 Å². The molecule has 0 bridgehead atoms. The molecule has 0 aliphatic carbocycles. The fourth-order valence-electron chi connectivity index (χ4n) is 2.18. The highest BCUT2D eigenvalue weighted by atomic mass is 32.2. The maximum absolute atomic E-state index is 10.6. The number of carboxylic acids is 1. The summed E-state index contributed by atoms with van der Waals surface area (Å²) in [6.07, 6.45) is 2.26. The van der Waals surface area contributed by atoms with E-state index in [9.17, 15) is 4.79 Å². The number of rotatable bonds is 7. The number of aliphatic carboxylic acids is 1. The lowest BCUT2D eigenvalue weighted by atomic mass is 10.1. The zero-order chi connectivity index (χ0) is 15.1. The molecule has 0 unspecified atom stereocenters. The maximum atomic E-state index is 10.6. The average molecular weight is 300 g/mol. The van der Waals surface area contributed by atoms with Gasteiger partial charge in [-0.3, -0.25) is 4.79 Å². The molecule has 0 atom stereocenters. The van der Waals surface area contributed by atoms with Crippen molar-refractivity contribution in [3.63, 3.8) is 0 Å². The highest BCUT2D eigenvalue weighted by Crippen LogP contribution is 2.23. The molecule has 110 valence electrons. The number of hydrogen-bond acceptors (Lipinski definition) is 2. The van der Waals surface area contributed by atoms with Crippen LogP contribution >= 0.6 is 11.8 Å². The van der Waals surface area contributed by atoms with Gasteiger partial charge in [0.05, 0.1) is 6.42 Å². The molecular weight excluding hydrogens is 280 g/mol. The summed E-state index contributed by atoms with van der Waals surface area (Å²) in [6.45, 7) is 2.14. The number of benzene rings is 2. The Morgan fingerprint density at radius 1 is 1.05 bits per heavy atom. The number of hydrogen-bond donors (Lipinski definition) is 1. The summed E-state index contributed by atoms with van der Waals surface area (Å²) < 4.78 is 0. The molecule has 0 heterocycles. The topological polar surface area (TPSA) is 37.3 Å². The number of aryl methyl sites for hydroxylation is 2. The fourth-order valence-corrected chi connectivity index (χ4v) is 3.15.